The summed E-state index contributed by atoms with van der Waals surface area (Å²) in [6.45, 7) is 2.22. The quantitative estimate of drug-likeness (QED) is 0.850. The number of rotatable bonds is 5. The molecule has 0 radical (unpaired) electrons. The first-order valence-corrected chi connectivity index (χ1v) is 7.97. The Hall–Kier alpha value is -1.04. The minimum Gasteiger partial charge on any atom is -0.481 e. The van der Waals surface area contributed by atoms with Crippen molar-refractivity contribution in [1.82, 2.24) is 5.32 Å². The van der Waals surface area contributed by atoms with Gasteiger partial charge in [-0.2, -0.15) is 0 Å². The van der Waals surface area contributed by atoms with Crippen molar-refractivity contribution >= 4 is 44.8 Å². The minimum absolute atomic E-state index is 0.149. The molecule has 0 bridgehead atoms. The highest BCUT2D eigenvalue weighted by molar-refractivity contribution is 9.11. The number of hydrogen-bond acceptors (Lipinski definition) is 3. The maximum atomic E-state index is 11.9. The summed E-state index contributed by atoms with van der Waals surface area (Å²) in [6.07, 6.45) is -0.556. The molecule has 0 aliphatic rings. The predicted molar refractivity (Wildman–Crippen MR) is 85.4 cm³/mol. The number of carbonyl (C=O) groups is 1. The summed E-state index contributed by atoms with van der Waals surface area (Å²) in [7, 11) is 0. The Morgan fingerprint density at radius 2 is 2.05 bits per heavy atom. The molecular weight excluding hydrogens is 362 g/mol. The largest absolute Gasteiger partial charge is 0.481 e. The maximum absolute atomic E-state index is 11.9. The van der Waals surface area contributed by atoms with Gasteiger partial charge in [0.25, 0.3) is 5.91 Å². The summed E-state index contributed by atoms with van der Waals surface area (Å²) in [5.74, 6) is 0.473. The van der Waals surface area contributed by atoms with Crippen LogP contribution in [0.1, 0.15) is 11.8 Å². The second-order valence-electron chi connectivity index (χ2n) is 4.14. The molecule has 3 nitrogen and oxygen atoms in total. The number of hydrogen-bond donors (Lipinski definition) is 1. The van der Waals surface area contributed by atoms with Crippen LogP contribution < -0.4 is 10.1 Å². The molecule has 0 aliphatic carbocycles. The Morgan fingerprint density at radius 3 is 2.65 bits per heavy atom. The van der Waals surface area contributed by atoms with Crippen LogP contribution in [0, 0.1) is 0 Å². The van der Waals surface area contributed by atoms with E-state index in [1.54, 1.807) is 42.5 Å². The van der Waals surface area contributed by atoms with Crippen LogP contribution in [0.25, 0.3) is 0 Å². The van der Waals surface area contributed by atoms with Crippen LogP contribution in [0.5, 0.6) is 5.75 Å². The lowest BCUT2D eigenvalue weighted by atomic mass is 10.3. The van der Waals surface area contributed by atoms with Crippen LogP contribution in [0.3, 0.4) is 0 Å². The Bertz CT molecular complexity index is 585. The van der Waals surface area contributed by atoms with Gasteiger partial charge in [0.05, 0.1) is 10.3 Å². The summed E-state index contributed by atoms with van der Waals surface area (Å²) in [4.78, 5) is 13.0. The Labute approximate surface area is 135 Å². The van der Waals surface area contributed by atoms with E-state index in [-0.39, 0.29) is 5.91 Å². The van der Waals surface area contributed by atoms with Crippen LogP contribution in [-0.4, -0.2) is 12.0 Å². The van der Waals surface area contributed by atoms with E-state index in [2.05, 4.69) is 21.2 Å². The summed E-state index contributed by atoms with van der Waals surface area (Å²) in [5, 5.41) is 3.48. The first-order chi connectivity index (χ1) is 9.54. The summed E-state index contributed by atoms with van der Waals surface area (Å²) in [6, 6.07) is 10.9. The molecular formula is C14H13BrClNO2S. The van der Waals surface area contributed by atoms with E-state index in [1.165, 1.54) is 0 Å². The molecule has 1 aromatic carbocycles. The summed E-state index contributed by atoms with van der Waals surface area (Å²) in [5.41, 5.74) is 0. The maximum Gasteiger partial charge on any atom is 0.261 e. The van der Waals surface area contributed by atoms with E-state index >= 15 is 0 Å². The molecule has 0 aliphatic heterocycles. The van der Waals surface area contributed by atoms with Crippen molar-refractivity contribution in [3.63, 3.8) is 0 Å². The van der Waals surface area contributed by atoms with E-state index in [0.29, 0.717) is 17.3 Å². The van der Waals surface area contributed by atoms with Gasteiger partial charge in [0.1, 0.15) is 5.75 Å². The molecule has 1 heterocycles. The van der Waals surface area contributed by atoms with Crippen LogP contribution in [-0.2, 0) is 11.3 Å². The smallest absolute Gasteiger partial charge is 0.261 e. The lowest BCUT2D eigenvalue weighted by Crippen LogP contribution is -2.35. The van der Waals surface area contributed by atoms with Crippen LogP contribution >= 0.6 is 38.9 Å². The Balaban J connectivity index is 1.84. The van der Waals surface area contributed by atoms with Gasteiger partial charge >= 0.3 is 0 Å². The molecule has 1 N–H and O–H groups in total. The molecule has 0 spiro atoms. The number of benzene rings is 1. The lowest BCUT2D eigenvalue weighted by molar-refractivity contribution is -0.127. The van der Waals surface area contributed by atoms with Gasteiger partial charge in [-0.15, -0.1) is 11.3 Å². The zero-order valence-electron chi connectivity index (χ0n) is 10.7. The van der Waals surface area contributed by atoms with E-state index in [9.17, 15) is 4.79 Å². The second kappa shape index (κ2) is 7.11. The van der Waals surface area contributed by atoms with Crippen LogP contribution in [0.15, 0.2) is 40.2 Å². The van der Waals surface area contributed by atoms with E-state index < -0.39 is 6.10 Å². The number of carbonyl (C=O) groups excluding carboxylic acids is 1. The van der Waals surface area contributed by atoms with Crippen molar-refractivity contribution in [3.8, 4) is 5.75 Å². The van der Waals surface area contributed by atoms with Crippen molar-refractivity contribution in [2.75, 3.05) is 0 Å². The van der Waals surface area contributed by atoms with Crippen molar-refractivity contribution in [3.05, 3.63) is 50.1 Å². The van der Waals surface area contributed by atoms with Crippen molar-refractivity contribution in [2.45, 2.75) is 19.6 Å². The standard InChI is InChI=1S/C14H13BrClNO2S/c1-9(19-11-4-2-10(16)3-5-11)14(18)17-8-12-6-7-13(15)20-12/h2-7,9H,8H2,1H3,(H,17,18). The topological polar surface area (TPSA) is 38.3 Å². The Morgan fingerprint density at radius 1 is 1.35 bits per heavy atom. The zero-order valence-corrected chi connectivity index (χ0v) is 13.9. The molecule has 0 fully saturated rings. The highest BCUT2D eigenvalue weighted by Gasteiger charge is 2.14. The molecule has 1 aromatic heterocycles. The number of amides is 1. The van der Waals surface area contributed by atoms with Gasteiger partial charge in [-0.3, -0.25) is 4.79 Å². The molecule has 20 heavy (non-hydrogen) atoms. The number of thiophene rings is 1. The zero-order chi connectivity index (χ0) is 14.5. The van der Waals surface area contributed by atoms with Gasteiger partial charge in [-0.1, -0.05) is 11.6 Å². The molecule has 0 saturated carbocycles. The van der Waals surface area contributed by atoms with Crippen molar-refractivity contribution < 1.29 is 9.53 Å². The highest BCUT2D eigenvalue weighted by atomic mass is 79.9. The molecule has 1 amide bonds. The SMILES string of the molecule is CC(Oc1ccc(Cl)cc1)C(=O)NCc1ccc(Br)s1. The molecule has 0 saturated heterocycles. The van der Waals surface area contributed by atoms with Gasteiger partial charge in [-0.05, 0) is 59.3 Å². The number of halogens is 2. The number of ether oxygens (including phenoxy) is 1. The van der Waals surface area contributed by atoms with Crippen LogP contribution in [0.4, 0.5) is 0 Å². The summed E-state index contributed by atoms with van der Waals surface area (Å²) < 4.78 is 6.60. The monoisotopic (exact) mass is 373 g/mol. The average molecular weight is 375 g/mol. The summed E-state index contributed by atoms with van der Waals surface area (Å²) >= 11 is 10.8. The van der Waals surface area contributed by atoms with Gasteiger partial charge in [0.15, 0.2) is 6.10 Å². The normalized spacial score (nSPS) is 11.9. The van der Waals surface area contributed by atoms with E-state index in [1.807, 2.05) is 12.1 Å². The van der Waals surface area contributed by atoms with E-state index in [0.717, 1.165) is 8.66 Å². The fraction of sp³-hybridized carbons (Fsp3) is 0.214. The van der Waals surface area contributed by atoms with Crippen molar-refractivity contribution in [1.29, 1.82) is 0 Å². The first kappa shape index (κ1) is 15.4. The fourth-order valence-electron chi connectivity index (χ4n) is 1.54. The van der Waals surface area contributed by atoms with Gasteiger partial charge in [0.2, 0.25) is 0 Å². The highest BCUT2D eigenvalue weighted by Crippen LogP contribution is 2.22. The van der Waals surface area contributed by atoms with Gasteiger partial charge in [0, 0.05) is 9.90 Å². The number of nitrogens with one attached hydrogen (secondary N) is 1. The van der Waals surface area contributed by atoms with Crippen molar-refractivity contribution in [2.24, 2.45) is 0 Å². The average Bonchev–Trinajstić information content (AvgIpc) is 2.84. The predicted octanol–water partition coefficient (Wildman–Crippen LogP) is 4.25. The molecule has 2 rings (SSSR count). The van der Waals surface area contributed by atoms with E-state index in [4.69, 9.17) is 16.3 Å². The third-order valence-electron chi connectivity index (χ3n) is 2.56. The molecule has 1 atom stereocenters. The molecule has 1 unspecified atom stereocenters. The molecule has 2 aromatic rings. The third kappa shape index (κ3) is 4.51. The first-order valence-electron chi connectivity index (χ1n) is 5.99. The molecule has 106 valence electrons. The van der Waals surface area contributed by atoms with Crippen LogP contribution in [0.2, 0.25) is 5.02 Å². The minimum atomic E-state index is -0.556. The Kier molecular flexibility index (Phi) is 5.46. The molecule has 6 heteroatoms. The fourth-order valence-corrected chi connectivity index (χ4v) is 3.08. The van der Waals surface area contributed by atoms with Gasteiger partial charge in [-0.25, -0.2) is 0 Å². The third-order valence-corrected chi connectivity index (χ3v) is 4.44. The lowest BCUT2D eigenvalue weighted by Gasteiger charge is -2.14. The second-order valence-corrected chi connectivity index (χ2v) is 7.12. The van der Waals surface area contributed by atoms with Gasteiger partial charge < -0.3 is 10.1 Å².